The number of halogens is 2. The predicted molar refractivity (Wildman–Crippen MR) is 76.0 cm³/mol. The van der Waals surface area contributed by atoms with E-state index in [1.807, 2.05) is 5.32 Å². The third kappa shape index (κ3) is 3.59. The van der Waals surface area contributed by atoms with Crippen LogP contribution in [0.4, 0.5) is 14.5 Å². The Hall–Kier alpha value is -2.02. The summed E-state index contributed by atoms with van der Waals surface area (Å²) in [4.78, 5) is 25.3. The zero-order valence-electron chi connectivity index (χ0n) is 12.2. The van der Waals surface area contributed by atoms with E-state index in [0.29, 0.717) is 13.0 Å². The van der Waals surface area contributed by atoms with E-state index in [0.717, 1.165) is 18.6 Å². The lowest BCUT2D eigenvalue weighted by Crippen LogP contribution is -2.47. The van der Waals surface area contributed by atoms with Gasteiger partial charge in [-0.15, -0.1) is 0 Å². The highest BCUT2D eigenvalue weighted by Crippen LogP contribution is 2.21. The molecule has 1 heterocycles. The minimum absolute atomic E-state index is 0.101. The zero-order valence-corrected chi connectivity index (χ0v) is 12.2. The van der Waals surface area contributed by atoms with E-state index in [-0.39, 0.29) is 12.5 Å². The maximum Gasteiger partial charge on any atom is 0.314 e. The number of nitrogens with zero attached hydrogens (tertiary/aromatic N) is 1. The van der Waals surface area contributed by atoms with Crippen LogP contribution in [0.3, 0.4) is 0 Å². The molecule has 0 aromatic heterocycles. The van der Waals surface area contributed by atoms with Crippen molar-refractivity contribution >= 4 is 17.5 Å². The minimum atomic E-state index is -1.09. The van der Waals surface area contributed by atoms with Crippen LogP contribution in [0.25, 0.3) is 0 Å². The quantitative estimate of drug-likeness (QED) is 0.814. The topological polar surface area (TPSA) is 69.6 Å². The fourth-order valence-electron chi connectivity index (χ4n) is 2.52. The first-order chi connectivity index (χ1) is 10.4. The summed E-state index contributed by atoms with van der Waals surface area (Å²) in [6.45, 7) is 2.27. The van der Waals surface area contributed by atoms with Gasteiger partial charge < -0.3 is 15.3 Å². The summed E-state index contributed by atoms with van der Waals surface area (Å²) in [6.07, 6.45) is 0.857. The molecule has 120 valence electrons. The molecule has 2 rings (SSSR count). The number of likely N-dealkylation sites (tertiary alicyclic amines) is 1. The second-order valence-electron chi connectivity index (χ2n) is 5.44. The molecule has 2 unspecified atom stereocenters. The highest BCUT2D eigenvalue weighted by molar-refractivity contribution is 6.39. The standard InChI is InChI=1S/C15H18F2N2O3/c1-9(20)10-4-3-7-19(8-10)15(22)14(21)18-13-11(16)5-2-6-12(13)17/h2,5-6,9-10,20H,3-4,7-8H2,1H3,(H,18,21). The van der Waals surface area contributed by atoms with Crippen molar-refractivity contribution in [2.75, 3.05) is 18.4 Å². The first-order valence-corrected chi connectivity index (χ1v) is 7.12. The number of hydrogen-bond acceptors (Lipinski definition) is 3. The Morgan fingerprint density at radius 2 is 2.00 bits per heavy atom. The van der Waals surface area contributed by atoms with Gasteiger partial charge in [-0.05, 0) is 31.9 Å². The van der Waals surface area contributed by atoms with Crippen molar-refractivity contribution in [1.82, 2.24) is 4.90 Å². The van der Waals surface area contributed by atoms with Crippen molar-refractivity contribution in [1.29, 1.82) is 0 Å². The second-order valence-corrected chi connectivity index (χ2v) is 5.44. The monoisotopic (exact) mass is 312 g/mol. The van der Waals surface area contributed by atoms with Crippen LogP contribution in [0.5, 0.6) is 0 Å². The summed E-state index contributed by atoms with van der Waals surface area (Å²) in [6, 6.07) is 3.15. The molecule has 0 radical (unpaired) electrons. The summed E-state index contributed by atoms with van der Waals surface area (Å²) >= 11 is 0. The first kappa shape index (κ1) is 16.4. The van der Waals surface area contributed by atoms with Crippen LogP contribution >= 0.6 is 0 Å². The minimum Gasteiger partial charge on any atom is -0.393 e. The molecule has 1 aliphatic rings. The van der Waals surface area contributed by atoms with E-state index in [9.17, 15) is 23.5 Å². The lowest BCUT2D eigenvalue weighted by atomic mass is 9.93. The number of hydrogen-bond donors (Lipinski definition) is 2. The number of nitrogens with one attached hydrogen (secondary N) is 1. The number of piperidine rings is 1. The van der Waals surface area contributed by atoms with Crippen LogP contribution in [0.2, 0.25) is 0 Å². The molecule has 2 amide bonds. The van der Waals surface area contributed by atoms with E-state index in [4.69, 9.17) is 0 Å². The summed E-state index contributed by atoms with van der Waals surface area (Å²) in [5, 5.41) is 11.6. The summed E-state index contributed by atoms with van der Waals surface area (Å²) in [5.41, 5.74) is -0.634. The van der Waals surface area contributed by atoms with Gasteiger partial charge in [-0.1, -0.05) is 6.07 Å². The van der Waals surface area contributed by atoms with Crippen molar-refractivity contribution < 1.29 is 23.5 Å². The number of aliphatic hydroxyl groups excluding tert-OH is 1. The largest absolute Gasteiger partial charge is 0.393 e. The molecule has 2 N–H and O–H groups in total. The first-order valence-electron chi connectivity index (χ1n) is 7.12. The lowest BCUT2D eigenvalue weighted by Gasteiger charge is -2.33. The van der Waals surface area contributed by atoms with Gasteiger partial charge in [0.25, 0.3) is 0 Å². The van der Waals surface area contributed by atoms with E-state index >= 15 is 0 Å². The van der Waals surface area contributed by atoms with Crippen molar-refractivity contribution in [3.05, 3.63) is 29.8 Å². The Bertz CT molecular complexity index is 558. The number of carbonyl (C=O) groups is 2. The molecule has 1 aliphatic heterocycles. The van der Waals surface area contributed by atoms with Crippen molar-refractivity contribution in [3.8, 4) is 0 Å². The molecule has 22 heavy (non-hydrogen) atoms. The third-order valence-electron chi connectivity index (χ3n) is 3.82. The normalized spacial score (nSPS) is 19.6. The summed E-state index contributed by atoms with van der Waals surface area (Å²) in [5.74, 6) is -3.93. The SMILES string of the molecule is CC(O)C1CCCN(C(=O)C(=O)Nc2c(F)cccc2F)C1. The van der Waals surface area contributed by atoms with Crippen LogP contribution in [0.1, 0.15) is 19.8 Å². The van der Waals surface area contributed by atoms with E-state index in [2.05, 4.69) is 0 Å². The van der Waals surface area contributed by atoms with E-state index < -0.39 is 35.2 Å². The molecular formula is C15H18F2N2O3. The Kier molecular flexibility index (Phi) is 5.07. The Morgan fingerprint density at radius 3 is 2.59 bits per heavy atom. The molecule has 1 saturated heterocycles. The molecule has 1 fully saturated rings. The Labute approximate surface area is 126 Å². The zero-order chi connectivity index (χ0) is 16.3. The maximum absolute atomic E-state index is 13.5. The molecule has 1 aromatic rings. The molecule has 0 bridgehead atoms. The van der Waals surface area contributed by atoms with E-state index in [1.54, 1.807) is 6.92 Å². The Balaban J connectivity index is 2.05. The molecule has 0 aliphatic carbocycles. The smallest absolute Gasteiger partial charge is 0.314 e. The second kappa shape index (κ2) is 6.83. The number of rotatable bonds is 2. The Morgan fingerprint density at radius 1 is 1.36 bits per heavy atom. The number of amides is 2. The van der Waals surface area contributed by atoms with Crippen LogP contribution in [-0.2, 0) is 9.59 Å². The average molecular weight is 312 g/mol. The molecule has 0 spiro atoms. The number of benzene rings is 1. The van der Waals surface area contributed by atoms with Crippen LogP contribution in [0.15, 0.2) is 18.2 Å². The van der Waals surface area contributed by atoms with E-state index in [1.165, 1.54) is 11.0 Å². The summed E-state index contributed by atoms with van der Waals surface area (Å²) < 4.78 is 26.9. The van der Waals surface area contributed by atoms with Crippen molar-refractivity contribution in [2.45, 2.75) is 25.9 Å². The van der Waals surface area contributed by atoms with Crippen LogP contribution in [-0.4, -0.2) is 41.0 Å². The van der Waals surface area contributed by atoms with Gasteiger partial charge in [0.2, 0.25) is 0 Å². The predicted octanol–water partition coefficient (Wildman–Crippen LogP) is 1.52. The lowest BCUT2D eigenvalue weighted by molar-refractivity contribution is -0.144. The maximum atomic E-state index is 13.5. The van der Waals surface area contributed by atoms with Gasteiger partial charge in [-0.2, -0.15) is 0 Å². The van der Waals surface area contributed by atoms with Crippen molar-refractivity contribution in [2.24, 2.45) is 5.92 Å². The molecule has 0 saturated carbocycles. The van der Waals surface area contributed by atoms with Gasteiger partial charge in [0.1, 0.15) is 17.3 Å². The van der Waals surface area contributed by atoms with Gasteiger partial charge in [0.05, 0.1) is 6.10 Å². The van der Waals surface area contributed by atoms with Gasteiger partial charge >= 0.3 is 11.8 Å². The van der Waals surface area contributed by atoms with Gasteiger partial charge in [0, 0.05) is 19.0 Å². The third-order valence-corrected chi connectivity index (χ3v) is 3.82. The fraction of sp³-hybridized carbons (Fsp3) is 0.467. The molecule has 5 nitrogen and oxygen atoms in total. The van der Waals surface area contributed by atoms with Gasteiger partial charge in [-0.3, -0.25) is 9.59 Å². The molecule has 1 aromatic carbocycles. The number of carbonyl (C=O) groups excluding carboxylic acids is 2. The van der Waals surface area contributed by atoms with Crippen LogP contribution in [0, 0.1) is 17.6 Å². The number of aliphatic hydroxyl groups is 1. The number of anilines is 1. The van der Waals surface area contributed by atoms with Gasteiger partial charge in [-0.25, -0.2) is 8.78 Å². The summed E-state index contributed by atoms with van der Waals surface area (Å²) in [7, 11) is 0. The average Bonchev–Trinajstić information content (AvgIpc) is 2.50. The van der Waals surface area contributed by atoms with Crippen molar-refractivity contribution in [3.63, 3.8) is 0 Å². The highest BCUT2D eigenvalue weighted by Gasteiger charge is 2.30. The molecule has 2 atom stereocenters. The fourth-order valence-corrected chi connectivity index (χ4v) is 2.52. The van der Waals surface area contributed by atoms with Crippen LogP contribution < -0.4 is 5.32 Å². The molecule has 7 heteroatoms. The highest BCUT2D eigenvalue weighted by atomic mass is 19.1. The van der Waals surface area contributed by atoms with Gasteiger partial charge in [0.15, 0.2) is 0 Å². The molecular weight excluding hydrogens is 294 g/mol. The number of para-hydroxylation sites is 1.